The third kappa shape index (κ3) is 4.31. The number of anilines is 1. The molecule has 1 saturated heterocycles. The van der Waals surface area contributed by atoms with Crippen LogP contribution >= 0.6 is 0 Å². The molecular weight excluding hydrogens is 464 g/mol. The molecule has 1 aromatic heterocycles. The Morgan fingerprint density at radius 2 is 2.24 bits per heavy atom. The number of amides is 1. The first kappa shape index (κ1) is 23.5. The van der Waals surface area contributed by atoms with Crippen LogP contribution in [0.4, 0.5) is 5.69 Å². The Kier molecular flexibility index (Phi) is 6.36. The SMILES string of the molecule is CN1C(=N)N[C@@]2(Cc3ccc(NC=O)cc32)C(CCN(C)S(=O)(=O)Cc2cccnc2)[S+]1[O-]. The summed E-state index contributed by atoms with van der Waals surface area (Å²) in [6, 6.07) is 8.93. The number of hydrogen-bond donors (Lipinski definition) is 3. The van der Waals surface area contributed by atoms with Gasteiger partial charge in [0.15, 0.2) is 5.25 Å². The van der Waals surface area contributed by atoms with Crippen molar-refractivity contribution in [3.05, 3.63) is 59.4 Å². The zero-order chi connectivity index (χ0) is 23.8. The molecule has 176 valence electrons. The smallest absolute Gasteiger partial charge is 0.234 e. The number of nitrogens with zero attached hydrogens (tertiary/aromatic N) is 3. The van der Waals surface area contributed by atoms with Gasteiger partial charge in [-0.15, -0.1) is 0 Å². The molecule has 0 bridgehead atoms. The van der Waals surface area contributed by atoms with E-state index in [4.69, 9.17) is 5.41 Å². The lowest BCUT2D eigenvalue weighted by Crippen LogP contribution is -2.71. The van der Waals surface area contributed by atoms with Crippen LogP contribution < -0.4 is 10.6 Å². The molecule has 2 heterocycles. The molecule has 1 spiro atoms. The summed E-state index contributed by atoms with van der Waals surface area (Å²) in [5, 5.41) is 13.6. The molecule has 3 atom stereocenters. The summed E-state index contributed by atoms with van der Waals surface area (Å²) in [6.45, 7) is 0.172. The summed E-state index contributed by atoms with van der Waals surface area (Å²) >= 11 is -1.54. The first-order chi connectivity index (χ1) is 15.7. The van der Waals surface area contributed by atoms with Crippen LogP contribution in [0, 0.1) is 5.41 Å². The first-order valence-electron chi connectivity index (χ1n) is 10.4. The second kappa shape index (κ2) is 8.93. The van der Waals surface area contributed by atoms with E-state index < -0.39 is 32.2 Å². The zero-order valence-electron chi connectivity index (χ0n) is 18.3. The van der Waals surface area contributed by atoms with E-state index in [9.17, 15) is 17.8 Å². The second-order valence-corrected chi connectivity index (χ2v) is 12.0. The molecule has 3 N–H and O–H groups in total. The van der Waals surface area contributed by atoms with Gasteiger partial charge >= 0.3 is 0 Å². The Balaban J connectivity index is 1.56. The lowest BCUT2D eigenvalue weighted by molar-refractivity contribution is -0.105. The van der Waals surface area contributed by atoms with Crippen molar-refractivity contribution in [1.82, 2.24) is 18.9 Å². The Hall–Kier alpha value is -2.67. The van der Waals surface area contributed by atoms with E-state index in [1.807, 2.05) is 12.1 Å². The quantitative estimate of drug-likeness (QED) is 0.366. The highest BCUT2D eigenvalue weighted by molar-refractivity contribution is 7.90. The Labute approximate surface area is 196 Å². The number of pyridine rings is 1. The Bertz CT molecular complexity index is 1160. The Morgan fingerprint density at radius 1 is 1.45 bits per heavy atom. The van der Waals surface area contributed by atoms with E-state index in [0.717, 1.165) is 11.1 Å². The summed E-state index contributed by atoms with van der Waals surface area (Å²) in [6.07, 6.45) is 4.59. The third-order valence-electron chi connectivity index (χ3n) is 6.26. The van der Waals surface area contributed by atoms with E-state index in [1.54, 1.807) is 31.4 Å². The maximum Gasteiger partial charge on any atom is 0.234 e. The van der Waals surface area contributed by atoms with Gasteiger partial charge in [-0.3, -0.25) is 15.2 Å². The molecule has 10 nitrogen and oxygen atoms in total. The van der Waals surface area contributed by atoms with Crippen LogP contribution in [0.1, 0.15) is 23.1 Å². The number of guanidine groups is 1. The van der Waals surface area contributed by atoms with Crippen molar-refractivity contribution in [3.63, 3.8) is 0 Å². The molecule has 2 aromatic rings. The number of sulfonamides is 1. The summed E-state index contributed by atoms with van der Waals surface area (Å²) in [4.78, 5) is 14.9. The summed E-state index contributed by atoms with van der Waals surface area (Å²) < 4.78 is 41.7. The normalized spacial score (nSPS) is 24.2. The average molecular weight is 491 g/mol. The first-order valence-corrected chi connectivity index (χ1v) is 13.1. The molecule has 2 unspecified atom stereocenters. The monoisotopic (exact) mass is 490 g/mol. The van der Waals surface area contributed by atoms with Crippen molar-refractivity contribution in [3.8, 4) is 0 Å². The van der Waals surface area contributed by atoms with Crippen LogP contribution in [0.2, 0.25) is 0 Å². The molecule has 1 aromatic carbocycles. The fourth-order valence-electron chi connectivity index (χ4n) is 4.40. The number of aromatic nitrogens is 1. The molecule has 2 aliphatic rings. The molecule has 4 rings (SSSR count). The lowest BCUT2D eigenvalue weighted by Gasteiger charge is -2.53. The topological polar surface area (TPSA) is 142 Å². The molecule has 33 heavy (non-hydrogen) atoms. The van der Waals surface area contributed by atoms with E-state index in [2.05, 4.69) is 15.6 Å². The van der Waals surface area contributed by atoms with Gasteiger partial charge < -0.3 is 15.2 Å². The maximum absolute atomic E-state index is 13.3. The van der Waals surface area contributed by atoms with Crippen molar-refractivity contribution in [1.29, 1.82) is 5.41 Å². The number of carbonyl (C=O) groups is 1. The molecule has 12 heteroatoms. The van der Waals surface area contributed by atoms with Gasteiger partial charge in [0.05, 0.1) is 24.2 Å². The van der Waals surface area contributed by atoms with Gasteiger partial charge in [-0.2, -0.15) is 4.31 Å². The number of fused-ring (bicyclic) bond motifs is 2. The average Bonchev–Trinajstić information content (AvgIpc) is 2.77. The van der Waals surface area contributed by atoms with Crippen LogP contribution in [0.15, 0.2) is 42.7 Å². The zero-order valence-corrected chi connectivity index (χ0v) is 19.9. The number of benzene rings is 1. The highest BCUT2D eigenvalue weighted by Gasteiger charge is 2.59. The molecule has 1 aliphatic carbocycles. The highest BCUT2D eigenvalue weighted by Crippen LogP contribution is 2.48. The summed E-state index contributed by atoms with van der Waals surface area (Å²) in [7, 11) is -0.488. The Morgan fingerprint density at radius 3 is 2.94 bits per heavy atom. The predicted octanol–water partition coefficient (Wildman–Crippen LogP) is 0.755. The molecule has 0 radical (unpaired) electrons. The minimum Gasteiger partial charge on any atom is -0.593 e. The van der Waals surface area contributed by atoms with Crippen LogP contribution in [0.3, 0.4) is 0 Å². The predicted molar refractivity (Wildman–Crippen MR) is 126 cm³/mol. The van der Waals surface area contributed by atoms with E-state index in [0.29, 0.717) is 30.5 Å². The fourth-order valence-corrected chi connectivity index (χ4v) is 7.13. The summed E-state index contributed by atoms with van der Waals surface area (Å²) in [5.41, 5.74) is 2.34. The highest BCUT2D eigenvalue weighted by atomic mass is 32.2. The summed E-state index contributed by atoms with van der Waals surface area (Å²) in [5.74, 6) is -0.121. The fraction of sp³-hybridized carbons (Fsp3) is 0.381. The van der Waals surface area contributed by atoms with Gasteiger partial charge in [-0.1, -0.05) is 12.1 Å². The van der Waals surface area contributed by atoms with Gasteiger partial charge in [0, 0.05) is 44.5 Å². The lowest BCUT2D eigenvalue weighted by atomic mass is 9.67. The molecule has 0 saturated carbocycles. The van der Waals surface area contributed by atoms with Crippen molar-refractivity contribution in [2.75, 3.05) is 26.0 Å². The van der Waals surface area contributed by atoms with Gasteiger partial charge in [0.25, 0.3) is 0 Å². The number of nitrogens with one attached hydrogen (secondary N) is 3. The van der Waals surface area contributed by atoms with Crippen molar-refractivity contribution in [2.45, 2.75) is 29.4 Å². The third-order valence-corrected chi connectivity index (χ3v) is 9.94. The molecule has 1 amide bonds. The van der Waals surface area contributed by atoms with E-state index >= 15 is 0 Å². The van der Waals surface area contributed by atoms with E-state index in [1.165, 1.54) is 21.9 Å². The minimum atomic E-state index is -3.59. The second-order valence-electron chi connectivity index (χ2n) is 8.25. The van der Waals surface area contributed by atoms with Crippen LogP contribution in [0.5, 0.6) is 0 Å². The van der Waals surface area contributed by atoms with Crippen LogP contribution in [-0.2, 0) is 43.9 Å². The van der Waals surface area contributed by atoms with Crippen LogP contribution in [-0.4, -0.2) is 64.8 Å². The van der Waals surface area contributed by atoms with Gasteiger partial charge in [-0.25, -0.2) is 12.7 Å². The van der Waals surface area contributed by atoms with Gasteiger partial charge in [-0.05, 0) is 34.9 Å². The molecule has 1 aliphatic heterocycles. The van der Waals surface area contributed by atoms with Crippen molar-refractivity contribution < 1.29 is 17.8 Å². The van der Waals surface area contributed by atoms with Crippen molar-refractivity contribution >= 4 is 39.4 Å². The standard InChI is InChI=1S/C21H26N6O4S2/c1-26(33(30,31)13-15-4-3-8-23-12-15)9-7-19-21(25-20(22)27(2)32(19)29)11-16-5-6-17(24-14-28)10-18(16)21/h3-6,8,10,12,14,19H,7,9,11,13H2,1-2H3,(H2,22,25)(H,24,28)/t19?,21-,32?/m1/s1. The van der Waals surface area contributed by atoms with Gasteiger partial charge in [0.1, 0.15) is 5.54 Å². The largest absolute Gasteiger partial charge is 0.593 e. The number of hydrogen-bond acceptors (Lipinski definition) is 6. The number of rotatable bonds is 8. The van der Waals surface area contributed by atoms with Crippen LogP contribution in [0.25, 0.3) is 0 Å². The number of carbonyl (C=O) groups excluding carboxylic acids is 1. The minimum absolute atomic E-state index is 0.0431. The van der Waals surface area contributed by atoms with Gasteiger partial charge in [0.2, 0.25) is 22.4 Å². The van der Waals surface area contributed by atoms with Crippen molar-refractivity contribution in [2.24, 2.45) is 0 Å². The molecule has 1 fully saturated rings. The van der Waals surface area contributed by atoms with E-state index in [-0.39, 0.29) is 18.3 Å². The maximum atomic E-state index is 13.3. The molecular formula is C21H26N6O4S2.